The number of benzene rings is 1. The summed E-state index contributed by atoms with van der Waals surface area (Å²) in [6.45, 7) is 5.63. The van der Waals surface area contributed by atoms with Gasteiger partial charge in [-0.05, 0) is 32.9 Å². The number of carbonyl (C=O) groups is 2. The van der Waals surface area contributed by atoms with Crippen molar-refractivity contribution in [1.29, 1.82) is 0 Å². The number of nitrogens with zero attached hydrogens (tertiary/aromatic N) is 1. The van der Waals surface area contributed by atoms with Crippen molar-refractivity contribution in [2.75, 3.05) is 17.2 Å². The van der Waals surface area contributed by atoms with E-state index in [4.69, 9.17) is 10.8 Å². The van der Waals surface area contributed by atoms with Crippen molar-refractivity contribution >= 4 is 23.4 Å². The maximum absolute atomic E-state index is 12.3. The number of para-hydroxylation sites is 2. The van der Waals surface area contributed by atoms with Gasteiger partial charge in [-0.1, -0.05) is 12.1 Å². The van der Waals surface area contributed by atoms with E-state index in [2.05, 4.69) is 5.32 Å². The van der Waals surface area contributed by atoms with Gasteiger partial charge in [0, 0.05) is 12.1 Å². The Kier molecular flexibility index (Phi) is 4.96. The van der Waals surface area contributed by atoms with E-state index in [0.717, 1.165) is 0 Å². The Balaban J connectivity index is 2.99. The molecule has 0 aliphatic heterocycles. The third kappa shape index (κ3) is 4.79. The molecule has 0 unspecified atom stereocenters. The van der Waals surface area contributed by atoms with Crippen LogP contribution in [0.5, 0.6) is 0 Å². The standard InChI is InChI=1S/C14H21N3O3/c1-14(2,3)16-13(20)17(9-8-12(18)19)11-7-5-4-6-10(11)15/h4-7H,8-9,15H2,1-3H3,(H,16,20)(H,18,19). The zero-order chi connectivity index (χ0) is 15.3. The number of nitrogens with two attached hydrogens (primary N) is 1. The van der Waals surface area contributed by atoms with E-state index in [1.807, 2.05) is 20.8 Å². The van der Waals surface area contributed by atoms with E-state index in [1.165, 1.54) is 4.90 Å². The maximum atomic E-state index is 12.3. The molecular formula is C14H21N3O3. The number of urea groups is 1. The molecule has 0 fully saturated rings. The molecule has 0 bridgehead atoms. The fourth-order valence-corrected chi connectivity index (χ4v) is 1.66. The van der Waals surface area contributed by atoms with E-state index in [0.29, 0.717) is 11.4 Å². The van der Waals surface area contributed by atoms with Crippen LogP contribution in [-0.4, -0.2) is 29.2 Å². The van der Waals surface area contributed by atoms with Crippen LogP contribution < -0.4 is 16.0 Å². The number of hydrogen-bond donors (Lipinski definition) is 3. The van der Waals surface area contributed by atoms with Gasteiger partial charge >= 0.3 is 12.0 Å². The quantitative estimate of drug-likeness (QED) is 0.735. The van der Waals surface area contributed by atoms with Crippen LogP contribution in [-0.2, 0) is 4.79 Å². The number of carboxylic acid groups (broad SMARTS) is 1. The van der Waals surface area contributed by atoms with Crippen molar-refractivity contribution in [3.63, 3.8) is 0 Å². The molecule has 0 radical (unpaired) electrons. The molecule has 0 spiro atoms. The van der Waals surface area contributed by atoms with Crippen molar-refractivity contribution in [2.45, 2.75) is 32.7 Å². The summed E-state index contributed by atoms with van der Waals surface area (Å²) in [6, 6.07) is 6.52. The summed E-state index contributed by atoms with van der Waals surface area (Å²) in [6.07, 6.45) is -0.147. The van der Waals surface area contributed by atoms with E-state index in [9.17, 15) is 9.59 Å². The fourth-order valence-electron chi connectivity index (χ4n) is 1.66. The SMILES string of the molecule is CC(C)(C)NC(=O)N(CCC(=O)O)c1ccccc1N. The van der Waals surface area contributed by atoms with Crippen LogP contribution in [0.4, 0.5) is 16.2 Å². The summed E-state index contributed by atoms with van der Waals surface area (Å²) in [4.78, 5) is 24.4. The molecule has 6 nitrogen and oxygen atoms in total. The highest BCUT2D eigenvalue weighted by molar-refractivity contribution is 5.95. The van der Waals surface area contributed by atoms with E-state index < -0.39 is 11.5 Å². The van der Waals surface area contributed by atoms with Crippen LogP contribution in [0, 0.1) is 0 Å². The van der Waals surface area contributed by atoms with E-state index in [1.54, 1.807) is 24.3 Å². The van der Waals surface area contributed by atoms with Gasteiger partial charge in [0.25, 0.3) is 0 Å². The lowest BCUT2D eigenvalue weighted by Gasteiger charge is -2.29. The van der Waals surface area contributed by atoms with Crippen molar-refractivity contribution in [3.8, 4) is 0 Å². The Bertz CT molecular complexity index is 495. The number of hydrogen-bond acceptors (Lipinski definition) is 3. The van der Waals surface area contributed by atoms with Crippen LogP contribution in [0.3, 0.4) is 0 Å². The van der Waals surface area contributed by atoms with Crippen LogP contribution in [0.1, 0.15) is 27.2 Å². The molecule has 0 saturated carbocycles. The lowest BCUT2D eigenvalue weighted by atomic mass is 10.1. The third-order valence-electron chi connectivity index (χ3n) is 2.50. The molecule has 1 aromatic rings. The van der Waals surface area contributed by atoms with Crippen molar-refractivity contribution < 1.29 is 14.7 Å². The summed E-state index contributed by atoms with van der Waals surface area (Å²) in [5.74, 6) is -0.965. The minimum absolute atomic E-state index is 0.0610. The second-order valence-electron chi connectivity index (χ2n) is 5.53. The second-order valence-corrected chi connectivity index (χ2v) is 5.53. The van der Waals surface area contributed by atoms with Gasteiger partial charge in [-0.2, -0.15) is 0 Å². The summed E-state index contributed by atoms with van der Waals surface area (Å²) in [7, 11) is 0. The third-order valence-corrected chi connectivity index (χ3v) is 2.50. The van der Waals surface area contributed by atoms with Gasteiger partial charge in [-0.3, -0.25) is 9.69 Å². The van der Waals surface area contributed by atoms with Crippen LogP contribution in [0.2, 0.25) is 0 Å². The Labute approximate surface area is 118 Å². The molecule has 2 amide bonds. The van der Waals surface area contributed by atoms with Crippen molar-refractivity contribution in [1.82, 2.24) is 5.32 Å². The summed E-state index contributed by atoms with van der Waals surface area (Å²) in [5, 5.41) is 11.6. The number of nitrogens with one attached hydrogen (secondary N) is 1. The first-order valence-electron chi connectivity index (χ1n) is 6.36. The number of nitrogen functional groups attached to an aromatic ring is 1. The normalized spacial score (nSPS) is 10.9. The average Bonchev–Trinajstić information content (AvgIpc) is 2.28. The molecule has 0 aliphatic carbocycles. The molecule has 0 aromatic heterocycles. The highest BCUT2D eigenvalue weighted by atomic mass is 16.4. The molecule has 6 heteroatoms. The predicted octanol–water partition coefficient (Wildman–Crippen LogP) is 2.06. The van der Waals surface area contributed by atoms with Gasteiger partial charge in [0.15, 0.2) is 0 Å². The molecule has 1 rings (SSSR count). The zero-order valence-corrected chi connectivity index (χ0v) is 12.0. The van der Waals surface area contributed by atoms with Gasteiger partial charge in [-0.15, -0.1) is 0 Å². The number of carbonyl (C=O) groups excluding carboxylic acids is 1. The topological polar surface area (TPSA) is 95.7 Å². The first-order valence-corrected chi connectivity index (χ1v) is 6.36. The highest BCUT2D eigenvalue weighted by Gasteiger charge is 2.22. The summed E-state index contributed by atoms with van der Waals surface area (Å²) >= 11 is 0. The van der Waals surface area contributed by atoms with Crippen LogP contribution >= 0.6 is 0 Å². The Morgan fingerprint density at radius 2 is 1.90 bits per heavy atom. The van der Waals surface area contributed by atoms with Crippen LogP contribution in [0.15, 0.2) is 24.3 Å². The molecule has 4 N–H and O–H groups in total. The maximum Gasteiger partial charge on any atom is 0.322 e. The van der Waals surface area contributed by atoms with E-state index >= 15 is 0 Å². The minimum atomic E-state index is -0.965. The van der Waals surface area contributed by atoms with Crippen molar-refractivity contribution in [3.05, 3.63) is 24.3 Å². The molecule has 0 heterocycles. The van der Waals surface area contributed by atoms with Crippen molar-refractivity contribution in [2.24, 2.45) is 0 Å². The van der Waals surface area contributed by atoms with E-state index in [-0.39, 0.29) is 19.0 Å². The lowest BCUT2D eigenvalue weighted by Crippen LogP contribution is -2.49. The summed E-state index contributed by atoms with van der Waals surface area (Å²) < 4.78 is 0. The minimum Gasteiger partial charge on any atom is -0.481 e. The molecule has 0 atom stereocenters. The highest BCUT2D eigenvalue weighted by Crippen LogP contribution is 2.23. The molecule has 1 aromatic carbocycles. The Morgan fingerprint density at radius 1 is 1.30 bits per heavy atom. The first-order chi connectivity index (χ1) is 9.20. The number of anilines is 2. The molecule has 110 valence electrons. The molecular weight excluding hydrogens is 258 g/mol. The number of amides is 2. The molecule has 0 aliphatic rings. The first kappa shape index (κ1) is 15.8. The monoisotopic (exact) mass is 279 g/mol. The van der Waals surface area contributed by atoms with Crippen LogP contribution in [0.25, 0.3) is 0 Å². The Hall–Kier alpha value is -2.24. The molecule has 0 saturated heterocycles. The average molecular weight is 279 g/mol. The second kappa shape index (κ2) is 6.27. The van der Waals surface area contributed by atoms with Gasteiger partial charge in [-0.25, -0.2) is 4.79 Å². The number of carboxylic acids is 1. The fraction of sp³-hybridized carbons (Fsp3) is 0.429. The van der Waals surface area contributed by atoms with Gasteiger partial charge in [0.05, 0.1) is 17.8 Å². The summed E-state index contributed by atoms with van der Waals surface area (Å²) in [5.41, 5.74) is 6.39. The lowest BCUT2D eigenvalue weighted by molar-refractivity contribution is -0.136. The van der Waals surface area contributed by atoms with Gasteiger partial charge in [0.2, 0.25) is 0 Å². The molecule has 20 heavy (non-hydrogen) atoms. The van der Waals surface area contributed by atoms with Gasteiger partial charge < -0.3 is 16.2 Å². The number of aliphatic carboxylic acids is 1. The largest absolute Gasteiger partial charge is 0.481 e. The Morgan fingerprint density at radius 3 is 2.40 bits per heavy atom. The van der Waals surface area contributed by atoms with Gasteiger partial charge in [0.1, 0.15) is 0 Å². The number of rotatable bonds is 4. The zero-order valence-electron chi connectivity index (χ0n) is 12.0. The smallest absolute Gasteiger partial charge is 0.322 e. The predicted molar refractivity (Wildman–Crippen MR) is 78.7 cm³/mol.